The number of rotatable bonds is 6. The highest BCUT2D eigenvalue weighted by atomic mass is 32.2. The summed E-state index contributed by atoms with van der Waals surface area (Å²) in [5.41, 5.74) is 0.306. The highest BCUT2D eigenvalue weighted by Crippen LogP contribution is 2.28. The minimum Gasteiger partial charge on any atom is -0.455 e. The molecule has 0 N–H and O–H groups in total. The Balaban J connectivity index is 1.65. The van der Waals surface area contributed by atoms with Crippen LogP contribution in [0.15, 0.2) is 13.9 Å². The Bertz CT molecular complexity index is 900. The van der Waals surface area contributed by atoms with Gasteiger partial charge in [-0.3, -0.25) is 4.79 Å². The van der Waals surface area contributed by atoms with Crippen LogP contribution >= 0.6 is 0 Å². The molecule has 11 heteroatoms. The van der Waals surface area contributed by atoms with Crippen molar-refractivity contribution in [1.82, 2.24) is 19.6 Å². The number of carbonyl (C=O) groups is 1. The topological polar surface area (TPSA) is 129 Å². The maximum Gasteiger partial charge on any atom is 0.310 e. The van der Waals surface area contributed by atoms with Crippen LogP contribution < -0.4 is 0 Å². The predicted octanol–water partition coefficient (Wildman–Crippen LogP) is 1.38. The molecule has 1 aliphatic heterocycles. The molecule has 0 spiro atoms. The van der Waals surface area contributed by atoms with Crippen LogP contribution in [0.5, 0.6) is 0 Å². The fourth-order valence-electron chi connectivity index (χ4n) is 3.07. The van der Waals surface area contributed by atoms with Gasteiger partial charge in [0.05, 0.1) is 5.92 Å². The first-order chi connectivity index (χ1) is 12.8. The van der Waals surface area contributed by atoms with Gasteiger partial charge in [0.15, 0.2) is 18.2 Å². The predicted molar refractivity (Wildman–Crippen MR) is 90.9 cm³/mol. The van der Waals surface area contributed by atoms with Crippen LogP contribution in [0.1, 0.15) is 42.9 Å². The normalized spacial score (nSPS) is 18.6. The Morgan fingerprint density at radius 2 is 2.07 bits per heavy atom. The first kappa shape index (κ1) is 19.5. The van der Waals surface area contributed by atoms with Crippen LogP contribution in [0.3, 0.4) is 0 Å². The Labute approximate surface area is 156 Å². The fraction of sp³-hybridized carbons (Fsp3) is 0.625. The van der Waals surface area contributed by atoms with E-state index < -0.39 is 21.9 Å². The second-order valence-corrected chi connectivity index (χ2v) is 8.30. The largest absolute Gasteiger partial charge is 0.455 e. The SMILES string of the molecule is CCc1noc(COC(=O)C2CCCN(S(=O)(=O)c3c(C)noc3C)C2)n1. The van der Waals surface area contributed by atoms with Gasteiger partial charge < -0.3 is 13.8 Å². The highest BCUT2D eigenvalue weighted by Gasteiger charge is 2.37. The summed E-state index contributed by atoms with van der Waals surface area (Å²) in [6, 6.07) is 0. The van der Waals surface area contributed by atoms with Gasteiger partial charge >= 0.3 is 5.97 Å². The molecule has 1 aliphatic rings. The summed E-state index contributed by atoms with van der Waals surface area (Å²) in [5, 5.41) is 7.44. The number of esters is 1. The van der Waals surface area contributed by atoms with Crippen LogP contribution in [0.4, 0.5) is 0 Å². The molecule has 0 aromatic carbocycles. The monoisotopic (exact) mass is 398 g/mol. The maximum absolute atomic E-state index is 12.9. The van der Waals surface area contributed by atoms with E-state index in [0.29, 0.717) is 37.3 Å². The van der Waals surface area contributed by atoms with Crippen molar-refractivity contribution in [3.05, 3.63) is 23.2 Å². The number of sulfonamides is 1. The number of carbonyl (C=O) groups excluding carboxylic acids is 1. The molecule has 1 atom stereocenters. The summed E-state index contributed by atoms with van der Waals surface area (Å²) in [4.78, 5) is 16.5. The van der Waals surface area contributed by atoms with E-state index in [0.717, 1.165) is 0 Å². The van der Waals surface area contributed by atoms with Gasteiger partial charge in [0, 0.05) is 19.5 Å². The molecule has 148 valence electrons. The van der Waals surface area contributed by atoms with E-state index in [1.165, 1.54) is 4.31 Å². The van der Waals surface area contributed by atoms with Gasteiger partial charge in [0.2, 0.25) is 10.0 Å². The van der Waals surface area contributed by atoms with E-state index in [1.54, 1.807) is 13.8 Å². The van der Waals surface area contributed by atoms with Crippen molar-refractivity contribution in [2.75, 3.05) is 13.1 Å². The van der Waals surface area contributed by atoms with Gasteiger partial charge in [-0.05, 0) is 26.7 Å². The molecule has 0 saturated carbocycles. The molecule has 10 nitrogen and oxygen atoms in total. The summed E-state index contributed by atoms with van der Waals surface area (Å²) < 4.78 is 42.3. The van der Waals surface area contributed by atoms with Crippen molar-refractivity contribution in [1.29, 1.82) is 0 Å². The van der Waals surface area contributed by atoms with Gasteiger partial charge in [-0.2, -0.15) is 9.29 Å². The zero-order valence-electron chi connectivity index (χ0n) is 15.5. The molecule has 3 rings (SSSR count). The Morgan fingerprint density at radius 1 is 1.30 bits per heavy atom. The lowest BCUT2D eigenvalue weighted by Crippen LogP contribution is -2.43. The van der Waals surface area contributed by atoms with E-state index in [1.807, 2.05) is 6.92 Å². The van der Waals surface area contributed by atoms with Gasteiger partial charge in [-0.1, -0.05) is 17.2 Å². The molecule has 0 radical (unpaired) electrons. The van der Waals surface area contributed by atoms with Crippen molar-refractivity contribution in [3.8, 4) is 0 Å². The molecular weight excluding hydrogens is 376 g/mol. The molecule has 1 unspecified atom stereocenters. The quantitative estimate of drug-likeness (QED) is 0.663. The summed E-state index contributed by atoms with van der Waals surface area (Å²) >= 11 is 0. The fourth-order valence-corrected chi connectivity index (χ4v) is 4.88. The third kappa shape index (κ3) is 4.03. The molecule has 2 aromatic rings. The first-order valence-corrected chi connectivity index (χ1v) is 10.2. The van der Waals surface area contributed by atoms with E-state index in [4.69, 9.17) is 13.8 Å². The van der Waals surface area contributed by atoms with Crippen molar-refractivity contribution in [3.63, 3.8) is 0 Å². The lowest BCUT2D eigenvalue weighted by atomic mass is 10.0. The number of nitrogens with zero attached hydrogens (tertiary/aromatic N) is 4. The standard InChI is InChI=1S/C16H22N4O6S/c1-4-13-17-14(26-19-13)9-24-16(21)12-6-5-7-20(8-12)27(22,23)15-10(2)18-25-11(15)3/h12H,4-9H2,1-3H3. The lowest BCUT2D eigenvalue weighted by Gasteiger charge is -2.30. The Morgan fingerprint density at radius 3 is 2.70 bits per heavy atom. The molecule has 3 heterocycles. The summed E-state index contributed by atoms with van der Waals surface area (Å²) in [7, 11) is -3.79. The van der Waals surface area contributed by atoms with Crippen LogP contribution in [0, 0.1) is 19.8 Å². The van der Waals surface area contributed by atoms with Crippen LogP contribution in [-0.4, -0.2) is 47.1 Å². The van der Waals surface area contributed by atoms with E-state index >= 15 is 0 Å². The average Bonchev–Trinajstić information content (AvgIpc) is 3.26. The number of hydrogen-bond donors (Lipinski definition) is 0. The second-order valence-electron chi connectivity index (χ2n) is 6.42. The zero-order chi connectivity index (χ0) is 19.6. The third-order valence-corrected chi connectivity index (χ3v) is 6.56. The van der Waals surface area contributed by atoms with E-state index in [2.05, 4.69) is 15.3 Å². The smallest absolute Gasteiger partial charge is 0.310 e. The van der Waals surface area contributed by atoms with Crippen molar-refractivity contribution in [2.24, 2.45) is 5.92 Å². The molecule has 2 aromatic heterocycles. The van der Waals surface area contributed by atoms with Gasteiger partial charge in [-0.25, -0.2) is 8.42 Å². The van der Waals surface area contributed by atoms with E-state index in [-0.39, 0.29) is 29.7 Å². The number of piperidine rings is 1. The van der Waals surface area contributed by atoms with Crippen molar-refractivity contribution < 1.29 is 27.0 Å². The van der Waals surface area contributed by atoms with Crippen LogP contribution in [0.2, 0.25) is 0 Å². The number of aromatic nitrogens is 3. The minimum atomic E-state index is -3.79. The lowest BCUT2D eigenvalue weighted by molar-refractivity contribution is -0.151. The average molecular weight is 398 g/mol. The third-order valence-electron chi connectivity index (χ3n) is 4.45. The number of hydrogen-bond acceptors (Lipinski definition) is 9. The van der Waals surface area contributed by atoms with Crippen molar-refractivity contribution in [2.45, 2.75) is 51.5 Å². The Kier molecular flexibility index (Phi) is 5.61. The molecule has 0 amide bonds. The highest BCUT2D eigenvalue weighted by molar-refractivity contribution is 7.89. The second kappa shape index (κ2) is 7.77. The molecule has 0 bridgehead atoms. The van der Waals surface area contributed by atoms with Gasteiger partial charge in [-0.15, -0.1) is 0 Å². The summed E-state index contributed by atoms with van der Waals surface area (Å²) in [5.74, 6) is -0.0422. The maximum atomic E-state index is 12.9. The minimum absolute atomic E-state index is 0.0509. The molecule has 1 saturated heterocycles. The zero-order valence-corrected chi connectivity index (χ0v) is 16.3. The summed E-state index contributed by atoms with van der Waals surface area (Å²) in [6.45, 7) is 5.27. The summed E-state index contributed by atoms with van der Waals surface area (Å²) in [6.07, 6.45) is 1.73. The number of ether oxygens (including phenoxy) is 1. The Hall–Kier alpha value is -2.27. The molecule has 1 fully saturated rings. The molecule has 27 heavy (non-hydrogen) atoms. The van der Waals surface area contributed by atoms with Gasteiger partial charge in [0.25, 0.3) is 5.89 Å². The number of aryl methyl sites for hydroxylation is 3. The molecule has 0 aliphatic carbocycles. The molecular formula is C16H22N4O6S. The van der Waals surface area contributed by atoms with Crippen LogP contribution in [-0.2, 0) is 32.6 Å². The van der Waals surface area contributed by atoms with Gasteiger partial charge in [0.1, 0.15) is 10.6 Å². The van der Waals surface area contributed by atoms with Crippen LogP contribution in [0.25, 0.3) is 0 Å². The van der Waals surface area contributed by atoms with E-state index in [9.17, 15) is 13.2 Å². The van der Waals surface area contributed by atoms with Crippen molar-refractivity contribution >= 4 is 16.0 Å². The first-order valence-electron chi connectivity index (χ1n) is 8.74.